The van der Waals surface area contributed by atoms with Crippen molar-refractivity contribution in [2.75, 3.05) is 31.1 Å². The molecule has 2 aliphatic rings. The van der Waals surface area contributed by atoms with Crippen molar-refractivity contribution in [1.82, 2.24) is 4.90 Å². The van der Waals surface area contributed by atoms with E-state index in [9.17, 15) is 14.9 Å². The maximum atomic E-state index is 12.7. The van der Waals surface area contributed by atoms with Crippen LogP contribution in [0.1, 0.15) is 37.0 Å². The molecular weight excluding hydrogens is 310 g/mol. The first kappa shape index (κ1) is 16.7. The average molecular weight is 333 g/mol. The van der Waals surface area contributed by atoms with Crippen LogP contribution in [0.4, 0.5) is 11.4 Å². The van der Waals surface area contributed by atoms with E-state index < -0.39 is 4.92 Å². The summed E-state index contributed by atoms with van der Waals surface area (Å²) >= 11 is 0. The summed E-state index contributed by atoms with van der Waals surface area (Å²) in [7, 11) is 0. The van der Waals surface area contributed by atoms with Gasteiger partial charge < -0.3 is 14.5 Å². The first-order valence-corrected chi connectivity index (χ1v) is 8.44. The molecule has 2 heterocycles. The van der Waals surface area contributed by atoms with Gasteiger partial charge in [-0.15, -0.1) is 0 Å². The van der Waals surface area contributed by atoms with E-state index >= 15 is 0 Å². The van der Waals surface area contributed by atoms with Crippen molar-refractivity contribution in [3.8, 4) is 0 Å². The molecule has 7 heteroatoms. The summed E-state index contributed by atoms with van der Waals surface area (Å²) in [6.07, 6.45) is 2.02. The number of amides is 1. The minimum atomic E-state index is -0.394. The number of anilines is 1. The molecule has 0 aromatic heterocycles. The van der Waals surface area contributed by atoms with Gasteiger partial charge in [-0.2, -0.15) is 0 Å². The SMILES string of the molecule is CC1CN(C(=O)c2ccc(N3CCCC3)c([N+](=O)[O-])c2)CC(C)O1. The number of nitrogens with zero attached hydrogens (tertiary/aromatic N) is 3. The van der Waals surface area contributed by atoms with E-state index in [0.29, 0.717) is 24.3 Å². The molecule has 24 heavy (non-hydrogen) atoms. The number of rotatable bonds is 3. The Kier molecular flexibility index (Phi) is 4.71. The number of nitro benzene ring substituents is 1. The predicted molar refractivity (Wildman–Crippen MR) is 90.5 cm³/mol. The summed E-state index contributed by atoms with van der Waals surface area (Å²) in [5, 5.41) is 11.5. The summed E-state index contributed by atoms with van der Waals surface area (Å²) < 4.78 is 5.64. The van der Waals surface area contributed by atoms with E-state index in [0.717, 1.165) is 25.9 Å². The summed E-state index contributed by atoms with van der Waals surface area (Å²) in [5.74, 6) is -0.173. The van der Waals surface area contributed by atoms with Gasteiger partial charge in [-0.3, -0.25) is 14.9 Å². The van der Waals surface area contributed by atoms with Gasteiger partial charge in [0.05, 0.1) is 17.1 Å². The topological polar surface area (TPSA) is 75.9 Å². The number of carbonyl (C=O) groups is 1. The first-order valence-electron chi connectivity index (χ1n) is 8.44. The Hall–Kier alpha value is -2.15. The molecular formula is C17H23N3O4. The molecule has 0 saturated carbocycles. The van der Waals surface area contributed by atoms with Gasteiger partial charge in [-0.25, -0.2) is 0 Å². The van der Waals surface area contributed by atoms with Gasteiger partial charge in [0.25, 0.3) is 11.6 Å². The molecule has 2 unspecified atom stereocenters. The van der Waals surface area contributed by atoms with E-state index in [-0.39, 0.29) is 23.8 Å². The van der Waals surface area contributed by atoms with Gasteiger partial charge in [0, 0.05) is 37.8 Å². The van der Waals surface area contributed by atoms with Crippen molar-refractivity contribution in [3.63, 3.8) is 0 Å². The van der Waals surface area contributed by atoms with Crippen LogP contribution in [-0.4, -0.2) is 54.1 Å². The van der Waals surface area contributed by atoms with Gasteiger partial charge in [0.15, 0.2) is 0 Å². The summed E-state index contributed by atoms with van der Waals surface area (Å²) in [6, 6.07) is 4.83. The smallest absolute Gasteiger partial charge is 0.293 e. The molecule has 0 N–H and O–H groups in total. The predicted octanol–water partition coefficient (Wildman–Crippen LogP) is 2.44. The zero-order valence-corrected chi connectivity index (χ0v) is 14.1. The van der Waals surface area contributed by atoms with E-state index in [1.807, 2.05) is 18.7 Å². The molecule has 1 aromatic rings. The molecule has 7 nitrogen and oxygen atoms in total. The number of benzene rings is 1. The van der Waals surface area contributed by atoms with E-state index in [1.54, 1.807) is 17.0 Å². The lowest BCUT2D eigenvalue weighted by Gasteiger charge is -2.35. The van der Waals surface area contributed by atoms with Gasteiger partial charge in [-0.05, 0) is 38.8 Å². The highest BCUT2D eigenvalue weighted by molar-refractivity contribution is 5.96. The minimum Gasteiger partial charge on any atom is -0.372 e. The van der Waals surface area contributed by atoms with Crippen LogP contribution in [0.3, 0.4) is 0 Å². The van der Waals surface area contributed by atoms with Crippen molar-refractivity contribution in [2.45, 2.75) is 38.9 Å². The highest BCUT2D eigenvalue weighted by Crippen LogP contribution is 2.32. The summed E-state index contributed by atoms with van der Waals surface area (Å²) in [5.41, 5.74) is 0.987. The number of hydrogen-bond acceptors (Lipinski definition) is 5. The fraction of sp³-hybridized carbons (Fsp3) is 0.588. The van der Waals surface area contributed by atoms with Crippen LogP contribution < -0.4 is 4.90 Å². The van der Waals surface area contributed by atoms with Crippen LogP contribution in [0.5, 0.6) is 0 Å². The monoisotopic (exact) mass is 333 g/mol. The normalized spacial score (nSPS) is 24.2. The van der Waals surface area contributed by atoms with Crippen molar-refractivity contribution < 1.29 is 14.5 Å². The second-order valence-corrected chi connectivity index (χ2v) is 6.62. The highest BCUT2D eigenvalue weighted by Gasteiger charge is 2.29. The highest BCUT2D eigenvalue weighted by atomic mass is 16.6. The number of nitro groups is 1. The Labute approximate surface area is 141 Å². The lowest BCUT2D eigenvalue weighted by molar-refractivity contribution is -0.384. The van der Waals surface area contributed by atoms with Gasteiger partial charge in [-0.1, -0.05) is 0 Å². The molecule has 0 aliphatic carbocycles. The fourth-order valence-corrected chi connectivity index (χ4v) is 3.55. The zero-order valence-electron chi connectivity index (χ0n) is 14.1. The van der Waals surface area contributed by atoms with Crippen molar-refractivity contribution in [3.05, 3.63) is 33.9 Å². The van der Waals surface area contributed by atoms with Crippen LogP contribution in [0.2, 0.25) is 0 Å². The van der Waals surface area contributed by atoms with Crippen molar-refractivity contribution in [2.24, 2.45) is 0 Å². The Morgan fingerprint density at radius 2 is 1.83 bits per heavy atom. The molecule has 1 amide bonds. The Bertz CT molecular complexity index is 633. The van der Waals surface area contributed by atoms with Crippen LogP contribution in [-0.2, 0) is 4.74 Å². The third kappa shape index (κ3) is 3.36. The quantitative estimate of drug-likeness (QED) is 0.627. The lowest BCUT2D eigenvalue weighted by atomic mass is 10.1. The summed E-state index contributed by atoms with van der Waals surface area (Å²) in [6.45, 7) is 6.51. The average Bonchev–Trinajstić information content (AvgIpc) is 3.07. The van der Waals surface area contributed by atoms with E-state index in [1.165, 1.54) is 6.07 Å². The van der Waals surface area contributed by atoms with Crippen LogP contribution in [0.25, 0.3) is 0 Å². The number of ether oxygens (including phenoxy) is 1. The molecule has 2 fully saturated rings. The molecule has 1 aromatic carbocycles. The maximum absolute atomic E-state index is 12.7. The molecule has 0 radical (unpaired) electrons. The van der Waals surface area contributed by atoms with E-state index in [4.69, 9.17) is 4.74 Å². The van der Waals surface area contributed by atoms with Crippen LogP contribution >= 0.6 is 0 Å². The van der Waals surface area contributed by atoms with Crippen molar-refractivity contribution in [1.29, 1.82) is 0 Å². The van der Waals surface area contributed by atoms with Gasteiger partial charge in [0.2, 0.25) is 0 Å². The second-order valence-electron chi connectivity index (χ2n) is 6.62. The third-order valence-corrected chi connectivity index (χ3v) is 4.57. The minimum absolute atomic E-state index is 0.0112. The molecule has 2 saturated heterocycles. The Balaban J connectivity index is 1.86. The number of morpholine rings is 1. The standard InChI is InChI=1S/C17H23N3O4/c1-12-10-19(11-13(2)24-12)17(21)14-5-6-15(16(9-14)20(22)23)18-7-3-4-8-18/h5-6,9,12-13H,3-4,7-8,10-11H2,1-2H3. The first-order chi connectivity index (χ1) is 11.5. The molecule has 130 valence electrons. The Morgan fingerprint density at radius 3 is 2.42 bits per heavy atom. The molecule has 0 bridgehead atoms. The van der Waals surface area contributed by atoms with Crippen molar-refractivity contribution >= 4 is 17.3 Å². The van der Waals surface area contributed by atoms with Gasteiger partial charge in [0.1, 0.15) is 5.69 Å². The second kappa shape index (κ2) is 6.76. The lowest BCUT2D eigenvalue weighted by Crippen LogP contribution is -2.48. The third-order valence-electron chi connectivity index (χ3n) is 4.57. The summed E-state index contributed by atoms with van der Waals surface area (Å²) in [4.78, 5) is 27.5. The maximum Gasteiger partial charge on any atom is 0.293 e. The zero-order chi connectivity index (χ0) is 17.3. The number of hydrogen-bond donors (Lipinski definition) is 0. The molecule has 0 spiro atoms. The van der Waals surface area contributed by atoms with Gasteiger partial charge >= 0.3 is 0 Å². The number of carbonyl (C=O) groups excluding carboxylic acids is 1. The molecule has 3 rings (SSSR count). The molecule has 2 atom stereocenters. The largest absolute Gasteiger partial charge is 0.372 e. The van der Waals surface area contributed by atoms with E-state index in [2.05, 4.69) is 0 Å². The Morgan fingerprint density at radius 1 is 1.21 bits per heavy atom. The van der Waals surface area contributed by atoms with Crippen LogP contribution in [0, 0.1) is 10.1 Å². The molecule has 2 aliphatic heterocycles. The van der Waals surface area contributed by atoms with Crippen LogP contribution in [0.15, 0.2) is 18.2 Å². The fourth-order valence-electron chi connectivity index (χ4n) is 3.55.